The van der Waals surface area contributed by atoms with Crippen LogP contribution in [0.1, 0.15) is 45.4 Å². The van der Waals surface area contributed by atoms with Gasteiger partial charge in [0.05, 0.1) is 0 Å². The molecule has 0 radical (unpaired) electrons. The molecule has 0 saturated carbocycles. The second-order valence-electron chi connectivity index (χ2n) is 5.70. The minimum Gasteiger partial charge on any atom is -0.381 e. The average Bonchev–Trinajstić information content (AvgIpc) is 2.47. The van der Waals surface area contributed by atoms with Crippen LogP contribution in [0.15, 0.2) is 0 Å². The third-order valence-electron chi connectivity index (χ3n) is 3.84. The highest BCUT2D eigenvalue weighted by atomic mass is 16.5. The Hall–Kier alpha value is -0.560. The van der Waals surface area contributed by atoms with E-state index >= 15 is 0 Å². The zero-order chi connectivity index (χ0) is 14.5. The van der Waals surface area contributed by atoms with E-state index in [1.165, 1.54) is 45.3 Å². The predicted molar refractivity (Wildman–Crippen MR) is 85.9 cm³/mol. The zero-order valence-electron chi connectivity index (χ0n) is 13.5. The number of ether oxygens (including phenoxy) is 1. The molecule has 1 rings (SSSR count). The molecule has 1 heterocycles. The number of rotatable bonds is 10. The van der Waals surface area contributed by atoms with Gasteiger partial charge < -0.3 is 14.5 Å². The molecule has 0 bridgehead atoms. The van der Waals surface area contributed by atoms with Gasteiger partial charge in [-0.2, -0.15) is 0 Å². The van der Waals surface area contributed by atoms with E-state index in [9.17, 15) is 0 Å². The van der Waals surface area contributed by atoms with Gasteiger partial charge in [-0.05, 0) is 52.7 Å². The van der Waals surface area contributed by atoms with E-state index in [1.807, 2.05) is 6.92 Å². The Balaban J connectivity index is 1.82. The first kappa shape index (κ1) is 17.5. The summed E-state index contributed by atoms with van der Waals surface area (Å²) in [6.07, 6.45) is 7.47. The monoisotopic (exact) mass is 280 g/mol. The van der Waals surface area contributed by atoms with Crippen LogP contribution >= 0.6 is 0 Å². The molecule has 0 spiro atoms. The highest BCUT2D eigenvalue weighted by molar-refractivity contribution is 4.95. The van der Waals surface area contributed by atoms with E-state index in [0.717, 1.165) is 39.1 Å². The summed E-state index contributed by atoms with van der Waals surface area (Å²) >= 11 is 0. The van der Waals surface area contributed by atoms with Crippen molar-refractivity contribution in [1.29, 1.82) is 0 Å². The largest absolute Gasteiger partial charge is 0.381 e. The van der Waals surface area contributed by atoms with Crippen LogP contribution in [0.3, 0.4) is 0 Å². The van der Waals surface area contributed by atoms with Crippen LogP contribution in [0.25, 0.3) is 0 Å². The van der Waals surface area contributed by atoms with Crippen molar-refractivity contribution in [3.05, 3.63) is 0 Å². The van der Waals surface area contributed by atoms with Gasteiger partial charge in [-0.3, -0.25) is 0 Å². The molecule has 1 aliphatic rings. The molecule has 0 atom stereocenters. The summed E-state index contributed by atoms with van der Waals surface area (Å²) < 4.78 is 5.72. The normalized spacial score (nSPS) is 16.1. The van der Waals surface area contributed by atoms with E-state index in [2.05, 4.69) is 28.7 Å². The highest BCUT2D eigenvalue weighted by Gasteiger charge is 2.08. The Morgan fingerprint density at radius 2 is 1.80 bits per heavy atom. The standard InChI is InChI=1S/C17H32N2O/c1-3-4-6-11-18(2)12-9-16-20-17-10-15-19-13-7-5-8-14-19/h5-17H2,1-2H3. The predicted octanol–water partition coefficient (Wildman–Crippen LogP) is 2.61. The van der Waals surface area contributed by atoms with Crippen molar-refractivity contribution in [2.45, 2.75) is 45.4 Å². The molecule has 20 heavy (non-hydrogen) atoms. The van der Waals surface area contributed by atoms with Gasteiger partial charge >= 0.3 is 0 Å². The molecule has 3 nitrogen and oxygen atoms in total. The summed E-state index contributed by atoms with van der Waals surface area (Å²) in [5.41, 5.74) is 0. The summed E-state index contributed by atoms with van der Waals surface area (Å²) in [5.74, 6) is 6.04. The lowest BCUT2D eigenvalue weighted by Gasteiger charge is -2.26. The number of hydrogen-bond donors (Lipinski definition) is 0. The molecular weight excluding hydrogens is 248 g/mol. The molecule has 0 aromatic rings. The minimum atomic E-state index is 0.893. The first-order valence-electron chi connectivity index (χ1n) is 8.21. The van der Waals surface area contributed by atoms with E-state index < -0.39 is 0 Å². The van der Waals surface area contributed by atoms with E-state index in [4.69, 9.17) is 4.74 Å². The van der Waals surface area contributed by atoms with E-state index in [1.54, 1.807) is 0 Å². The van der Waals surface area contributed by atoms with Gasteiger partial charge in [0, 0.05) is 39.3 Å². The van der Waals surface area contributed by atoms with Gasteiger partial charge in [0.25, 0.3) is 0 Å². The first-order valence-corrected chi connectivity index (χ1v) is 8.21. The number of nitrogens with zero attached hydrogens (tertiary/aromatic N) is 2. The Bertz CT molecular complexity index is 276. The lowest BCUT2D eigenvalue weighted by molar-refractivity contribution is 0.109. The lowest BCUT2D eigenvalue weighted by Crippen LogP contribution is -2.31. The Labute approximate surface area is 125 Å². The maximum absolute atomic E-state index is 5.72. The molecular formula is C17H32N2O. The SMILES string of the molecule is CC#CCCN(C)CCCOCCCN1CCCCC1. The van der Waals surface area contributed by atoms with E-state index in [0.29, 0.717) is 0 Å². The fraction of sp³-hybridized carbons (Fsp3) is 0.882. The molecule has 0 unspecified atom stereocenters. The molecule has 1 fully saturated rings. The molecule has 116 valence electrons. The van der Waals surface area contributed by atoms with Crippen molar-refractivity contribution >= 4 is 0 Å². The van der Waals surface area contributed by atoms with Gasteiger partial charge in [0.2, 0.25) is 0 Å². The van der Waals surface area contributed by atoms with Gasteiger partial charge in [0.1, 0.15) is 0 Å². The van der Waals surface area contributed by atoms with Crippen molar-refractivity contribution in [1.82, 2.24) is 9.80 Å². The van der Waals surface area contributed by atoms with Crippen molar-refractivity contribution < 1.29 is 4.74 Å². The molecule has 1 saturated heterocycles. The van der Waals surface area contributed by atoms with Crippen molar-refractivity contribution in [2.75, 3.05) is 53.0 Å². The maximum Gasteiger partial charge on any atom is 0.0478 e. The lowest BCUT2D eigenvalue weighted by atomic mass is 10.1. The number of piperidine rings is 1. The molecule has 0 amide bonds. The van der Waals surface area contributed by atoms with Crippen LogP contribution in [0.2, 0.25) is 0 Å². The van der Waals surface area contributed by atoms with Crippen LogP contribution in [-0.4, -0.2) is 62.8 Å². The third-order valence-corrected chi connectivity index (χ3v) is 3.84. The Kier molecular flexibility index (Phi) is 10.7. The summed E-state index contributed by atoms with van der Waals surface area (Å²) in [4.78, 5) is 4.91. The molecule has 0 aromatic heterocycles. The Morgan fingerprint density at radius 3 is 2.55 bits per heavy atom. The van der Waals surface area contributed by atoms with Crippen molar-refractivity contribution in [2.24, 2.45) is 0 Å². The second kappa shape index (κ2) is 12.2. The summed E-state index contributed by atoms with van der Waals surface area (Å²) in [6.45, 7) is 9.70. The van der Waals surface area contributed by atoms with E-state index in [-0.39, 0.29) is 0 Å². The van der Waals surface area contributed by atoms with Crippen molar-refractivity contribution in [3.63, 3.8) is 0 Å². The summed E-state index contributed by atoms with van der Waals surface area (Å²) in [6, 6.07) is 0. The molecule has 0 N–H and O–H groups in total. The van der Waals surface area contributed by atoms with Gasteiger partial charge in [0.15, 0.2) is 0 Å². The highest BCUT2D eigenvalue weighted by Crippen LogP contribution is 2.08. The van der Waals surface area contributed by atoms with Crippen LogP contribution in [0.5, 0.6) is 0 Å². The summed E-state index contributed by atoms with van der Waals surface area (Å²) in [7, 11) is 2.16. The topological polar surface area (TPSA) is 15.7 Å². The summed E-state index contributed by atoms with van der Waals surface area (Å²) in [5, 5.41) is 0. The average molecular weight is 280 g/mol. The molecule has 1 aliphatic heterocycles. The van der Waals surface area contributed by atoms with Gasteiger partial charge in [-0.1, -0.05) is 6.42 Å². The van der Waals surface area contributed by atoms with Gasteiger partial charge in [-0.15, -0.1) is 11.8 Å². The van der Waals surface area contributed by atoms with Gasteiger partial charge in [-0.25, -0.2) is 0 Å². The van der Waals surface area contributed by atoms with Crippen molar-refractivity contribution in [3.8, 4) is 11.8 Å². The van der Waals surface area contributed by atoms with Crippen LogP contribution in [0, 0.1) is 11.8 Å². The molecule has 0 aliphatic carbocycles. The fourth-order valence-electron chi connectivity index (χ4n) is 2.60. The quantitative estimate of drug-likeness (QED) is 0.452. The third kappa shape index (κ3) is 9.36. The Morgan fingerprint density at radius 1 is 1.05 bits per heavy atom. The zero-order valence-corrected chi connectivity index (χ0v) is 13.5. The smallest absolute Gasteiger partial charge is 0.0478 e. The number of likely N-dealkylation sites (tertiary alicyclic amines) is 1. The number of hydrogen-bond acceptors (Lipinski definition) is 3. The second-order valence-corrected chi connectivity index (χ2v) is 5.70. The van der Waals surface area contributed by atoms with Crippen LogP contribution in [-0.2, 0) is 4.74 Å². The maximum atomic E-state index is 5.72. The fourth-order valence-corrected chi connectivity index (χ4v) is 2.60. The first-order chi connectivity index (χ1) is 9.83. The molecule has 0 aromatic carbocycles. The van der Waals surface area contributed by atoms with Crippen LogP contribution < -0.4 is 0 Å². The minimum absolute atomic E-state index is 0.893. The van der Waals surface area contributed by atoms with Crippen LogP contribution in [0.4, 0.5) is 0 Å². The molecule has 3 heteroatoms.